The van der Waals surface area contributed by atoms with Crippen molar-refractivity contribution in [2.45, 2.75) is 13.8 Å². The normalized spacial score (nSPS) is 10.2. The van der Waals surface area contributed by atoms with E-state index < -0.39 is 0 Å². The number of hydrogen-bond acceptors (Lipinski definition) is 6. The Kier molecular flexibility index (Phi) is 13.6. The molecule has 0 aliphatic rings. The van der Waals surface area contributed by atoms with Gasteiger partial charge in [-0.25, -0.2) is 4.99 Å². The van der Waals surface area contributed by atoms with Crippen LogP contribution in [0.3, 0.4) is 0 Å². The van der Waals surface area contributed by atoms with Gasteiger partial charge >= 0.3 is 0 Å². The number of hydrogen-bond donors (Lipinski definition) is 2. The predicted octanol–water partition coefficient (Wildman–Crippen LogP) is 6.78. The highest BCUT2D eigenvalue weighted by atomic mass is 32.2. The molecular weight excluding hydrogens is 472 g/mol. The number of thioether (sulfide) groups is 1. The van der Waals surface area contributed by atoms with Gasteiger partial charge in [0.2, 0.25) is 0 Å². The van der Waals surface area contributed by atoms with Crippen molar-refractivity contribution in [1.29, 1.82) is 0 Å². The number of aliphatic hydroxyl groups excluding tert-OH is 1. The summed E-state index contributed by atoms with van der Waals surface area (Å²) in [5.41, 5.74) is 3.67. The summed E-state index contributed by atoms with van der Waals surface area (Å²) in [5.74, 6) is 0.988. The van der Waals surface area contributed by atoms with Gasteiger partial charge < -0.3 is 10.4 Å². The van der Waals surface area contributed by atoms with Crippen molar-refractivity contribution < 1.29 is 5.11 Å². The van der Waals surface area contributed by atoms with Gasteiger partial charge in [0.05, 0.1) is 17.1 Å². The van der Waals surface area contributed by atoms with Crippen LogP contribution in [0, 0.1) is 0 Å². The molecule has 0 saturated heterocycles. The number of nitrogens with one attached hydrogen (secondary N) is 1. The number of para-hydroxylation sites is 2. The molecule has 0 bridgehead atoms. The molecule has 0 atom stereocenters. The van der Waals surface area contributed by atoms with Crippen LogP contribution in [0.2, 0.25) is 0 Å². The Morgan fingerprint density at radius 3 is 1.83 bits per heavy atom. The van der Waals surface area contributed by atoms with Crippen molar-refractivity contribution in [3.05, 3.63) is 121 Å². The number of aliphatic hydroxyl groups is 1. The van der Waals surface area contributed by atoms with Gasteiger partial charge in [0.25, 0.3) is 0 Å². The maximum absolute atomic E-state index is 7.57. The first-order valence-corrected chi connectivity index (χ1v) is 12.6. The lowest BCUT2D eigenvalue weighted by atomic mass is 10.3. The monoisotopic (exact) mass is 502 g/mol. The first-order valence-electron chi connectivity index (χ1n) is 11.2. The molecule has 0 saturated carbocycles. The molecule has 0 aliphatic carbocycles. The zero-order valence-electron chi connectivity index (χ0n) is 19.9. The van der Waals surface area contributed by atoms with E-state index in [0.717, 1.165) is 33.6 Å². The second kappa shape index (κ2) is 17.1. The summed E-state index contributed by atoms with van der Waals surface area (Å²) < 4.78 is 0. The number of nitrogens with zero attached hydrogens (tertiary/aromatic N) is 3. The first kappa shape index (κ1) is 27.9. The highest BCUT2D eigenvalue weighted by molar-refractivity contribution is 8.14. The van der Waals surface area contributed by atoms with Crippen LogP contribution in [-0.2, 0) is 0 Å². The summed E-state index contributed by atoms with van der Waals surface area (Å²) in [6.07, 6.45) is 3.53. The lowest BCUT2D eigenvalue weighted by Gasteiger charge is -2.06. The minimum Gasteiger partial charge on any atom is -0.397 e. The van der Waals surface area contributed by atoms with Crippen LogP contribution in [0.4, 0.5) is 11.4 Å². The van der Waals surface area contributed by atoms with Gasteiger partial charge in [0.15, 0.2) is 0 Å². The van der Waals surface area contributed by atoms with Gasteiger partial charge in [-0.15, -0.1) is 11.8 Å². The number of aliphatic imine (C=N–C) groups is 1. The van der Waals surface area contributed by atoms with Gasteiger partial charge in [0.1, 0.15) is 10.0 Å². The van der Waals surface area contributed by atoms with Gasteiger partial charge in [-0.1, -0.05) is 67.7 Å². The average molecular weight is 503 g/mol. The third-order valence-electron chi connectivity index (χ3n) is 4.08. The van der Waals surface area contributed by atoms with Crippen LogP contribution in [0.15, 0.2) is 114 Å². The van der Waals surface area contributed by atoms with Crippen LogP contribution < -0.4 is 5.32 Å². The summed E-state index contributed by atoms with van der Waals surface area (Å²) in [5, 5.41) is 11.7. The average Bonchev–Trinajstić information content (AvgIpc) is 2.91. The Bertz CT molecular complexity index is 1130. The Morgan fingerprint density at radius 2 is 1.31 bits per heavy atom. The molecular formula is C28H30N4OS2. The predicted molar refractivity (Wildman–Crippen MR) is 154 cm³/mol. The number of pyridine rings is 2. The van der Waals surface area contributed by atoms with E-state index in [-0.39, 0.29) is 6.61 Å². The van der Waals surface area contributed by atoms with Gasteiger partial charge in [0, 0.05) is 24.7 Å². The zero-order chi connectivity index (χ0) is 25.1. The van der Waals surface area contributed by atoms with E-state index in [2.05, 4.69) is 27.2 Å². The minimum absolute atomic E-state index is 0.250. The van der Waals surface area contributed by atoms with E-state index in [9.17, 15) is 0 Å². The second-order valence-electron chi connectivity index (χ2n) is 6.75. The number of aromatic nitrogens is 2. The Hall–Kier alpha value is -3.39. The van der Waals surface area contributed by atoms with Crippen LogP contribution in [0.25, 0.3) is 0 Å². The van der Waals surface area contributed by atoms with E-state index in [1.165, 1.54) is 0 Å². The van der Waals surface area contributed by atoms with Crippen molar-refractivity contribution in [1.82, 2.24) is 9.97 Å². The minimum atomic E-state index is 0.250. The summed E-state index contributed by atoms with van der Waals surface area (Å²) in [7, 11) is 0. The van der Waals surface area contributed by atoms with E-state index in [1.807, 2.05) is 97.1 Å². The van der Waals surface area contributed by atoms with Crippen molar-refractivity contribution in [2.24, 2.45) is 4.99 Å². The molecule has 4 aromatic rings. The standard InChI is InChI=1S/C14H14N2S.C12H10N2S.C2H6O/c1-2-17-14(13-10-6-7-11-15-13)16-12-8-4-3-5-9-12;15-12(11-8-4-5-9-13-11)14-10-6-2-1-3-7-10;1-2-3/h3-11H,2H2,1H3;1-9H,(H,14,15);3H,2H2,1H3. The Labute approximate surface area is 217 Å². The molecule has 180 valence electrons. The molecule has 35 heavy (non-hydrogen) atoms. The van der Waals surface area contributed by atoms with Crippen molar-refractivity contribution in [3.8, 4) is 0 Å². The zero-order valence-corrected chi connectivity index (χ0v) is 21.5. The molecule has 2 N–H and O–H groups in total. The van der Waals surface area contributed by atoms with Crippen LogP contribution >= 0.6 is 24.0 Å². The first-order chi connectivity index (χ1) is 17.2. The highest BCUT2D eigenvalue weighted by Gasteiger charge is 2.04. The van der Waals surface area contributed by atoms with Gasteiger partial charge in [-0.3, -0.25) is 9.97 Å². The van der Waals surface area contributed by atoms with Crippen LogP contribution in [0.1, 0.15) is 25.2 Å². The molecule has 2 heterocycles. The quantitative estimate of drug-likeness (QED) is 0.178. The maximum atomic E-state index is 7.57. The molecule has 2 aromatic heterocycles. The topological polar surface area (TPSA) is 70.4 Å². The largest absolute Gasteiger partial charge is 0.397 e. The SMILES string of the molecule is CCO.CCSC(=Nc1ccccc1)c1ccccn1.S=C(Nc1ccccc1)c1ccccn1. The number of thiocarbonyl (C=S) groups is 1. The smallest absolute Gasteiger partial charge is 0.129 e. The highest BCUT2D eigenvalue weighted by Crippen LogP contribution is 2.18. The Balaban J connectivity index is 0.000000223. The third-order valence-corrected chi connectivity index (χ3v) is 5.25. The van der Waals surface area contributed by atoms with Crippen LogP contribution in [-0.4, -0.2) is 37.5 Å². The van der Waals surface area contributed by atoms with Crippen molar-refractivity contribution >= 4 is 45.4 Å². The maximum Gasteiger partial charge on any atom is 0.129 e. The number of benzene rings is 2. The fraction of sp³-hybridized carbons (Fsp3) is 0.143. The van der Waals surface area contributed by atoms with E-state index in [0.29, 0.717) is 4.99 Å². The fourth-order valence-corrected chi connectivity index (χ4v) is 3.57. The lowest BCUT2D eigenvalue weighted by Crippen LogP contribution is -2.11. The van der Waals surface area contributed by atoms with Gasteiger partial charge in [-0.05, 0) is 61.2 Å². The molecule has 0 aliphatic heterocycles. The molecule has 5 nitrogen and oxygen atoms in total. The van der Waals surface area contributed by atoms with E-state index in [1.54, 1.807) is 31.1 Å². The lowest BCUT2D eigenvalue weighted by molar-refractivity contribution is 0.318. The molecule has 0 spiro atoms. The molecule has 0 unspecified atom stereocenters. The van der Waals surface area contributed by atoms with Crippen LogP contribution in [0.5, 0.6) is 0 Å². The molecule has 7 heteroatoms. The number of rotatable bonds is 5. The van der Waals surface area contributed by atoms with Crippen molar-refractivity contribution in [3.63, 3.8) is 0 Å². The van der Waals surface area contributed by atoms with E-state index in [4.69, 9.17) is 17.3 Å². The Morgan fingerprint density at radius 1 is 0.800 bits per heavy atom. The molecule has 0 radical (unpaired) electrons. The summed E-state index contributed by atoms with van der Waals surface area (Å²) in [4.78, 5) is 13.8. The number of anilines is 1. The summed E-state index contributed by atoms with van der Waals surface area (Å²) in [6, 6.07) is 31.4. The van der Waals surface area contributed by atoms with Crippen molar-refractivity contribution in [2.75, 3.05) is 17.7 Å². The molecule has 4 rings (SSSR count). The molecule has 0 fully saturated rings. The van der Waals surface area contributed by atoms with E-state index >= 15 is 0 Å². The summed E-state index contributed by atoms with van der Waals surface area (Å²) in [6.45, 7) is 4.05. The van der Waals surface area contributed by atoms with Gasteiger partial charge in [-0.2, -0.15) is 0 Å². The fourth-order valence-electron chi connectivity index (χ4n) is 2.62. The third kappa shape index (κ3) is 11.1. The summed E-state index contributed by atoms with van der Waals surface area (Å²) >= 11 is 6.94. The second-order valence-corrected chi connectivity index (χ2v) is 8.41. The molecule has 0 amide bonds. The molecule has 2 aromatic carbocycles.